The summed E-state index contributed by atoms with van der Waals surface area (Å²) < 4.78 is 1.92. The van der Waals surface area contributed by atoms with Crippen molar-refractivity contribution in [3.8, 4) is 0 Å². The normalized spacial score (nSPS) is 18.2. The van der Waals surface area contributed by atoms with Gasteiger partial charge in [0.05, 0.1) is 22.7 Å². The molecule has 1 aliphatic rings. The molecule has 1 amide bonds. The lowest BCUT2D eigenvalue weighted by atomic mass is 10.0. The first-order chi connectivity index (χ1) is 12.5. The molecule has 0 saturated heterocycles. The van der Waals surface area contributed by atoms with Gasteiger partial charge in [-0.2, -0.15) is 0 Å². The van der Waals surface area contributed by atoms with E-state index in [1.165, 1.54) is 11.9 Å². The van der Waals surface area contributed by atoms with E-state index >= 15 is 0 Å². The van der Waals surface area contributed by atoms with Gasteiger partial charge < -0.3 is 10.4 Å². The zero-order valence-electron chi connectivity index (χ0n) is 14.3. The fourth-order valence-corrected chi connectivity index (χ4v) is 4.44. The Labute approximate surface area is 167 Å². The third kappa shape index (κ3) is 4.53. The number of fused-ring (bicyclic) bond motifs is 1. The van der Waals surface area contributed by atoms with Crippen molar-refractivity contribution in [2.45, 2.75) is 29.8 Å². The molecule has 1 aliphatic heterocycles. The molecule has 0 radical (unpaired) electrons. The summed E-state index contributed by atoms with van der Waals surface area (Å²) in [7, 11) is 1.88. The highest BCUT2D eigenvalue weighted by Crippen LogP contribution is 2.38. The maximum absolute atomic E-state index is 12.8. The molecule has 138 valence electrons. The molecule has 0 saturated carbocycles. The van der Waals surface area contributed by atoms with Crippen molar-refractivity contribution < 1.29 is 9.90 Å². The van der Waals surface area contributed by atoms with Crippen LogP contribution in [-0.4, -0.2) is 41.1 Å². The number of nitrogens with zero attached hydrogens (tertiary/aromatic N) is 1. The first kappa shape index (κ1) is 19.5. The van der Waals surface area contributed by atoms with Crippen LogP contribution in [-0.2, 0) is 17.6 Å². The van der Waals surface area contributed by atoms with E-state index in [0.29, 0.717) is 22.9 Å². The number of aliphatic hydroxyl groups is 1. The molecule has 1 heterocycles. The minimum atomic E-state index is -0.338. The summed E-state index contributed by atoms with van der Waals surface area (Å²) >= 11 is 13.7. The molecule has 7 heteroatoms. The van der Waals surface area contributed by atoms with Crippen LogP contribution in [0.15, 0.2) is 47.4 Å². The number of rotatable bonds is 5. The molecule has 4 nitrogen and oxygen atoms in total. The van der Waals surface area contributed by atoms with Crippen LogP contribution in [0.2, 0.25) is 10.0 Å². The van der Waals surface area contributed by atoms with Crippen LogP contribution in [0.3, 0.4) is 0 Å². The Bertz CT molecular complexity index is 789. The van der Waals surface area contributed by atoms with Gasteiger partial charge in [-0.1, -0.05) is 53.5 Å². The molecule has 2 atom stereocenters. The van der Waals surface area contributed by atoms with Gasteiger partial charge in [0.15, 0.2) is 0 Å². The van der Waals surface area contributed by atoms with Crippen LogP contribution < -0.4 is 5.32 Å². The SMILES string of the molecule is CN1Sc2cc(Cl)c(Cl)cc2CC1C(=O)N[C@H](CO)Cc1ccccc1. The molecule has 0 fully saturated rings. The van der Waals surface area contributed by atoms with Crippen molar-refractivity contribution in [1.29, 1.82) is 0 Å². The van der Waals surface area contributed by atoms with Gasteiger partial charge in [0.25, 0.3) is 0 Å². The number of nitrogens with one attached hydrogen (secondary N) is 1. The number of hydrogen-bond donors (Lipinski definition) is 2. The summed E-state index contributed by atoms with van der Waals surface area (Å²) in [6, 6.07) is 12.8. The number of likely N-dealkylation sites (N-methyl/N-ethyl adjacent to an activating group) is 1. The third-order valence-electron chi connectivity index (χ3n) is 4.39. The molecule has 2 aromatic carbocycles. The van der Waals surface area contributed by atoms with E-state index in [1.54, 1.807) is 0 Å². The Hall–Kier alpha value is -1.24. The van der Waals surface area contributed by atoms with Crippen molar-refractivity contribution >= 4 is 41.1 Å². The number of carbonyl (C=O) groups is 1. The van der Waals surface area contributed by atoms with Crippen LogP contribution in [0.5, 0.6) is 0 Å². The third-order valence-corrected chi connectivity index (χ3v) is 6.23. The van der Waals surface area contributed by atoms with E-state index in [2.05, 4.69) is 5.32 Å². The van der Waals surface area contributed by atoms with Crippen LogP contribution in [0, 0.1) is 0 Å². The van der Waals surface area contributed by atoms with Gasteiger partial charge in [-0.05, 0) is 55.1 Å². The lowest BCUT2D eigenvalue weighted by molar-refractivity contribution is -0.125. The highest BCUT2D eigenvalue weighted by molar-refractivity contribution is 7.97. The largest absolute Gasteiger partial charge is 0.394 e. The average molecular weight is 411 g/mol. The van der Waals surface area contributed by atoms with E-state index in [-0.39, 0.29) is 24.6 Å². The standard InChI is InChI=1S/C19H20Cl2N2O2S/c1-23-17(9-13-8-15(20)16(21)10-18(13)26-23)19(25)22-14(11-24)7-12-5-3-2-4-6-12/h2-6,8,10,14,17,24H,7,9,11H2,1H3,(H,22,25)/t14-,17?/m0/s1. The minimum Gasteiger partial charge on any atom is -0.394 e. The number of halogens is 2. The van der Waals surface area contributed by atoms with Crippen molar-refractivity contribution in [1.82, 2.24) is 9.62 Å². The van der Waals surface area contributed by atoms with Crippen molar-refractivity contribution in [3.05, 3.63) is 63.6 Å². The average Bonchev–Trinajstić information content (AvgIpc) is 2.63. The molecule has 0 aromatic heterocycles. The summed E-state index contributed by atoms with van der Waals surface area (Å²) in [4.78, 5) is 13.8. The zero-order chi connectivity index (χ0) is 18.7. The van der Waals surface area contributed by atoms with Gasteiger partial charge in [0.2, 0.25) is 5.91 Å². The van der Waals surface area contributed by atoms with Gasteiger partial charge >= 0.3 is 0 Å². The summed E-state index contributed by atoms with van der Waals surface area (Å²) in [5, 5.41) is 13.6. The Morgan fingerprint density at radius 3 is 2.69 bits per heavy atom. The Morgan fingerprint density at radius 1 is 1.31 bits per heavy atom. The lowest BCUT2D eigenvalue weighted by Gasteiger charge is -2.33. The summed E-state index contributed by atoms with van der Waals surface area (Å²) in [6.07, 6.45) is 1.13. The van der Waals surface area contributed by atoms with E-state index in [1.807, 2.05) is 53.8 Å². The number of aliphatic hydroxyl groups excluding tert-OH is 1. The first-order valence-electron chi connectivity index (χ1n) is 8.32. The summed E-state index contributed by atoms with van der Waals surface area (Å²) in [6.45, 7) is -0.109. The van der Waals surface area contributed by atoms with Crippen molar-refractivity contribution in [2.24, 2.45) is 0 Å². The van der Waals surface area contributed by atoms with E-state index in [4.69, 9.17) is 23.2 Å². The van der Waals surface area contributed by atoms with Crippen molar-refractivity contribution in [3.63, 3.8) is 0 Å². The highest BCUT2D eigenvalue weighted by atomic mass is 35.5. The minimum absolute atomic E-state index is 0.105. The number of carbonyl (C=O) groups excluding carboxylic acids is 1. The maximum atomic E-state index is 12.8. The van der Waals surface area contributed by atoms with Gasteiger partial charge in [-0.15, -0.1) is 0 Å². The molecule has 0 aliphatic carbocycles. The van der Waals surface area contributed by atoms with Crippen molar-refractivity contribution in [2.75, 3.05) is 13.7 Å². The molecule has 26 heavy (non-hydrogen) atoms. The molecule has 3 rings (SSSR count). The molecule has 0 bridgehead atoms. The molecular weight excluding hydrogens is 391 g/mol. The Balaban J connectivity index is 1.69. The summed E-state index contributed by atoms with van der Waals surface area (Å²) in [5.41, 5.74) is 2.08. The fraction of sp³-hybridized carbons (Fsp3) is 0.316. The predicted octanol–water partition coefficient (Wildman–Crippen LogP) is 3.58. The molecule has 0 spiro atoms. The second-order valence-corrected chi connectivity index (χ2v) is 8.32. The summed E-state index contributed by atoms with van der Waals surface area (Å²) in [5.74, 6) is -0.105. The van der Waals surface area contributed by atoms with Gasteiger partial charge in [-0.3, -0.25) is 4.79 Å². The van der Waals surface area contributed by atoms with Crippen LogP contribution >= 0.6 is 35.1 Å². The van der Waals surface area contributed by atoms with Crippen LogP contribution in [0.4, 0.5) is 0 Å². The lowest BCUT2D eigenvalue weighted by Crippen LogP contribution is -2.50. The van der Waals surface area contributed by atoms with E-state index in [0.717, 1.165) is 16.0 Å². The number of hydrogen-bond acceptors (Lipinski definition) is 4. The Kier molecular flexibility index (Phi) is 6.48. The van der Waals surface area contributed by atoms with E-state index < -0.39 is 0 Å². The maximum Gasteiger partial charge on any atom is 0.238 e. The van der Waals surface area contributed by atoms with Crippen LogP contribution in [0.25, 0.3) is 0 Å². The Morgan fingerprint density at radius 2 is 2.00 bits per heavy atom. The van der Waals surface area contributed by atoms with Gasteiger partial charge in [-0.25, -0.2) is 4.31 Å². The molecule has 2 N–H and O–H groups in total. The quantitative estimate of drug-likeness (QED) is 0.739. The number of amides is 1. The first-order valence-corrected chi connectivity index (χ1v) is 9.84. The fourth-order valence-electron chi connectivity index (χ4n) is 2.98. The topological polar surface area (TPSA) is 52.6 Å². The smallest absolute Gasteiger partial charge is 0.238 e. The predicted molar refractivity (Wildman–Crippen MR) is 107 cm³/mol. The monoisotopic (exact) mass is 410 g/mol. The van der Waals surface area contributed by atoms with Gasteiger partial charge in [0, 0.05) is 4.90 Å². The van der Waals surface area contributed by atoms with Gasteiger partial charge in [0.1, 0.15) is 6.04 Å². The van der Waals surface area contributed by atoms with E-state index in [9.17, 15) is 9.90 Å². The molecular formula is C19H20Cl2N2O2S. The highest BCUT2D eigenvalue weighted by Gasteiger charge is 2.31. The van der Waals surface area contributed by atoms with Crippen LogP contribution in [0.1, 0.15) is 11.1 Å². The zero-order valence-corrected chi connectivity index (χ0v) is 16.6. The second kappa shape index (κ2) is 8.63. The number of benzene rings is 2. The second-order valence-electron chi connectivity index (χ2n) is 6.31. The molecule has 1 unspecified atom stereocenters. The molecule has 2 aromatic rings.